The van der Waals surface area contributed by atoms with Crippen molar-refractivity contribution in [3.63, 3.8) is 0 Å². The van der Waals surface area contributed by atoms with Crippen LogP contribution in [0.25, 0.3) is 22.0 Å². The van der Waals surface area contributed by atoms with Gasteiger partial charge in [0.1, 0.15) is 0 Å². The van der Waals surface area contributed by atoms with Crippen LogP contribution >= 0.6 is 0 Å². The molecule has 100 valence electrons. The van der Waals surface area contributed by atoms with Crippen LogP contribution in [0.3, 0.4) is 0 Å². The molecule has 0 spiro atoms. The van der Waals surface area contributed by atoms with E-state index in [-0.39, 0.29) is 0 Å². The van der Waals surface area contributed by atoms with E-state index in [1.807, 2.05) is 37.5 Å². The van der Waals surface area contributed by atoms with Gasteiger partial charge in [-0.25, -0.2) is 9.97 Å². The lowest BCUT2D eigenvalue weighted by Gasteiger charge is -2.08. The molecule has 0 saturated carbocycles. The molecule has 0 fully saturated rings. The number of hydrogen-bond donors (Lipinski definition) is 2. The second kappa shape index (κ2) is 4.81. The molecule has 0 amide bonds. The summed E-state index contributed by atoms with van der Waals surface area (Å²) < 4.78 is 0. The molecule has 0 aliphatic rings. The van der Waals surface area contributed by atoms with Crippen molar-refractivity contribution in [3.8, 4) is 11.1 Å². The lowest BCUT2D eigenvalue weighted by atomic mass is 9.99. The summed E-state index contributed by atoms with van der Waals surface area (Å²) in [5.74, 6) is 0.630. The highest BCUT2D eigenvalue weighted by molar-refractivity contribution is 5.85. The average molecular weight is 264 g/mol. The molecule has 3 N–H and O–H groups in total. The second-order valence-electron chi connectivity index (χ2n) is 4.79. The summed E-state index contributed by atoms with van der Waals surface area (Å²) >= 11 is 0. The molecule has 0 aliphatic carbocycles. The van der Waals surface area contributed by atoms with E-state index >= 15 is 0 Å². The molecule has 0 aliphatic heterocycles. The van der Waals surface area contributed by atoms with E-state index in [2.05, 4.69) is 34.3 Å². The first-order chi connectivity index (χ1) is 9.67. The number of nitrogens with one attached hydrogen (secondary N) is 1. The van der Waals surface area contributed by atoms with E-state index in [4.69, 9.17) is 5.73 Å². The van der Waals surface area contributed by atoms with E-state index < -0.39 is 0 Å². The third kappa shape index (κ3) is 2.16. The molecule has 3 rings (SSSR count). The number of nitrogens with two attached hydrogens (primary N) is 1. The lowest BCUT2D eigenvalue weighted by molar-refractivity contribution is 1.19. The Bertz CT molecular complexity index is 781. The van der Waals surface area contributed by atoms with Crippen molar-refractivity contribution >= 4 is 22.5 Å². The van der Waals surface area contributed by atoms with Crippen molar-refractivity contribution in [1.82, 2.24) is 9.97 Å². The summed E-state index contributed by atoms with van der Waals surface area (Å²) in [6.07, 6.45) is 1.83. The minimum atomic E-state index is 0.630. The van der Waals surface area contributed by atoms with Gasteiger partial charge in [-0.15, -0.1) is 0 Å². The highest BCUT2D eigenvalue weighted by atomic mass is 15.1. The third-order valence-corrected chi connectivity index (χ3v) is 3.38. The molecule has 0 atom stereocenters. The Kier molecular flexibility index (Phi) is 2.99. The Morgan fingerprint density at radius 2 is 1.95 bits per heavy atom. The van der Waals surface area contributed by atoms with Crippen molar-refractivity contribution in [2.45, 2.75) is 6.92 Å². The summed E-state index contributed by atoms with van der Waals surface area (Å²) in [5, 5.41) is 3.96. The van der Waals surface area contributed by atoms with E-state index in [0.717, 1.165) is 27.7 Å². The second-order valence-corrected chi connectivity index (χ2v) is 4.79. The van der Waals surface area contributed by atoms with Crippen LogP contribution in [0.4, 0.5) is 11.6 Å². The number of anilines is 2. The van der Waals surface area contributed by atoms with Crippen LogP contribution in [0.1, 0.15) is 5.56 Å². The Morgan fingerprint density at radius 3 is 2.75 bits per heavy atom. The Balaban J connectivity index is 2.15. The SMILES string of the molecule is CNc1ncc2cc(-c3cc(N)ccc3C)ccc2n1. The fourth-order valence-electron chi connectivity index (χ4n) is 2.27. The number of nitrogens with zero attached hydrogens (tertiary/aromatic N) is 2. The van der Waals surface area contributed by atoms with E-state index in [1.54, 1.807) is 0 Å². The summed E-state index contributed by atoms with van der Waals surface area (Å²) in [7, 11) is 1.81. The summed E-state index contributed by atoms with van der Waals surface area (Å²) in [5.41, 5.74) is 11.1. The summed E-state index contributed by atoms with van der Waals surface area (Å²) in [4.78, 5) is 8.67. The quantitative estimate of drug-likeness (QED) is 0.697. The highest BCUT2D eigenvalue weighted by Gasteiger charge is 2.05. The fourth-order valence-corrected chi connectivity index (χ4v) is 2.27. The molecule has 0 radical (unpaired) electrons. The van der Waals surface area contributed by atoms with Gasteiger partial charge in [-0.05, 0) is 47.9 Å². The van der Waals surface area contributed by atoms with Crippen LogP contribution in [0.15, 0.2) is 42.6 Å². The van der Waals surface area contributed by atoms with Gasteiger partial charge in [0.15, 0.2) is 0 Å². The zero-order valence-electron chi connectivity index (χ0n) is 11.5. The minimum absolute atomic E-state index is 0.630. The third-order valence-electron chi connectivity index (χ3n) is 3.38. The molecule has 2 aromatic carbocycles. The maximum absolute atomic E-state index is 5.88. The van der Waals surface area contributed by atoms with Crippen LogP contribution in [0.2, 0.25) is 0 Å². The first kappa shape index (κ1) is 12.4. The number of benzene rings is 2. The Hall–Kier alpha value is -2.62. The number of hydrogen-bond acceptors (Lipinski definition) is 4. The predicted octanol–water partition coefficient (Wildman–Crippen LogP) is 3.23. The zero-order chi connectivity index (χ0) is 14.1. The van der Waals surface area contributed by atoms with Crippen molar-refractivity contribution in [2.24, 2.45) is 0 Å². The normalized spacial score (nSPS) is 10.7. The van der Waals surface area contributed by atoms with Crippen LogP contribution in [0.5, 0.6) is 0 Å². The number of nitrogen functional groups attached to an aromatic ring is 1. The van der Waals surface area contributed by atoms with Gasteiger partial charge in [-0.1, -0.05) is 12.1 Å². The molecule has 1 heterocycles. The van der Waals surface area contributed by atoms with Gasteiger partial charge in [0, 0.05) is 24.3 Å². The molecule has 4 nitrogen and oxygen atoms in total. The zero-order valence-corrected chi connectivity index (χ0v) is 11.5. The summed E-state index contributed by atoms with van der Waals surface area (Å²) in [6.45, 7) is 2.08. The molecular formula is C16H16N4. The van der Waals surface area contributed by atoms with E-state index in [1.165, 1.54) is 5.56 Å². The minimum Gasteiger partial charge on any atom is -0.399 e. The maximum Gasteiger partial charge on any atom is 0.222 e. The molecule has 0 bridgehead atoms. The van der Waals surface area contributed by atoms with Gasteiger partial charge in [-0.2, -0.15) is 0 Å². The molecule has 1 aromatic heterocycles. The average Bonchev–Trinajstić information content (AvgIpc) is 2.48. The molecular weight excluding hydrogens is 248 g/mol. The Morgan fingerprint density at radius 1 is 1.10 bits per heavy atom. The monoisotopic (exact) mass is 264 g/mol. The van der Waals surface area contributed by atoms with Crippen LogP contribution in [0, 0.1) is 6.92 Å². The van der Waals surface area contributed by atoms with Crippen LogP contribution in [-0.4, -0.2) is 17.0 Å². The summed E-state index contributed by atoms with van der Waals surface area (Å²) in [6, 6.07) is 12.1. The fraction of sp³-hybridized carbons (Fsp3) is 0.125. The first-order valence-corrected chi connectivity index (χ1v) is 6.48. The molecule has 0 unspecified atom stereocenters. The molecule has 3 aromatic rings. The number of aromatic nitrogens is 2. The topological polar surface area (TPSA) is 63.8 Å². The van der Waals surface area contributed by atoms with Crippen molar-refractivity contribution in [2.75, 3.05) is 18.1 Å². The standard InChI is InChI=1S/C16H16N4/c1-10-3-5-13(17)8-14(10)11-4-6-15-12(7-11)9-19-16(18-2)20-15/h3-9H,17H2,1-2H3,(H,18,19,20). The van der Waals surface area contributed by atoms with E-state index in [9.17, 15) is 0 Å². The molecule has 0 saturated heterocycles. The number of rotatable bonds is 2. The lowest BCUT2D eigenvalue weighted by Crippen LogP contribution is -1.96. The predicted molar refractivity (Wildman–Crippen MR) is 83.7 cm³/mol. The highest BCUT2D eigenvalue weighted by Crippen LogP contribution is 2.28. The van der Waals surface area contributed by atoms with Crippen molar-refractivity contribution in [3.05, 3.63) is 48.2 Å². The smallest absolute Gasteiger partial charge is 0.222 e. The van der Waals surface area contributed by atoms with Crippen LogP contribution < -0.4 is 11.1 Å². The first-order valence-electron chi connectivity index (χ1n) is 6.48. The van der Waals surface area contributed by atoms with Gasteiger partial charge in [0.25, 0.3) is 0 Å². The van der Waals surface area contributed by atoms with Gasteiger partial charge >= 0.3 is 0 Å². The van der Waals surface area contributed by atoms with Crippen molar-refractivity contribution in [1.29, 1.82) is 0 Å². The van der Waals surface area contributed by atoms with Gasteiger partial charge in [-0.3, -0.25) is 0 Å². The maximum atomic E-state index is 5.88. The molecule has 20 heavy (non-hydrogen) atoms. The number of aryl methyl sites for hydroxylation is 1. The van der Waals surface area contributed by atoms with Crippen LogP contribution in [-0.2, 0) is 0 Å². The van der Waals surface area contributed by atoms with Gasteiger partial charge < -0.3 is 11.1 Å². The van der Waals surface area contributed by atoms with Crippen molar-refractivity contribution < 1.29 is 0 Å². The van der Waals surface area contributed by atoms with E-state index in [0.29, 0.717) is 5.95 Å². The largest absolute Gasteiger partial charge is 0.399 e. The van der Waals surface area contributed by atoms with Gasteiger partial charge in [0.05, 0.1) is 5.52 Å². The molecule has 4 heteroatoms. The number of fused-ring (bicyclic) bond motifs is 1. The Labute approximate surface area is 117 Å². The van der Waals surface area contributed by atoms with Gasteiger partial charge in [0.2, 0.25) is 5.95 Å².